The molecule has 7 nitrogen and oxygen atoms in total. The molecule has 2 aromatic heterocycles. The number of hydrogen-bond acceptors (Lipinski definition) is 4. The van der Waals surface area contributed by atoms with Crippen LogP contribution in [0.2, 0.25) is 0 Å². The summed E-state index contributed by atoms with van der Waals surface area (Å²) >= 11 is 0. The number of nitrogens with zero attached hydrogens (tertiary/aromatic N) is 4. The maximum Gasteiger partial charge on any atom is 0.224 e. The van der Waals surface area contributed by atoms with Gasteiger partial charge in [-0.15, -0.1) is 0 Å². The number of likely N-dealkylation sites (tertiary alicyclic amines) is 1. The molecule has 0 unspecified atom stereocenters. The molecule has 7 heteroatoms. The number of ketones is 1. The topological polar surface area (TPSA) is 71.6 Å². The van der Waals surface area contributed by atoms with Gasteiger partial charge in [-0.3, -0.25) is 19.5 Å². The first-order valence-corrected chi connectivity index (χ1v) is 11.5. The van der Waals surface area contributed by atoms with Crippen LogP contribution in [0.1, 0.15) is 47.8 Å². The second-order valence-corrected chi connectivity index (χ2v) is 8.53. The molecule has 1 fully saturated rings. The fourth-order valence-corrected chi connectivity index (χ4v) is 4.61. The number of aromatic nitrogens is 2. The van der Waals surface area contributed by atoms with Crippen molar-refractivity contribution >= 4 is 28.4 Å². The van der Waals surface area contributed by atoms with Gasteiger partial charge < -0.3 is 9.88 Å². The number of pyridine rings is 1. The van der Waals surface area contributed by atoms with E-state index in [1.54, 1.807) is 18.3 Å². The largest absolute Gasteiger partial charge is 0.356 e. The molecule has 0 saturated carbocycles. The lowest BCUT2D eigenvalue weighted by Crippen LogP contribution is -2.34. The minimum absolute atomic E-state index is 0.0590. The van der Waals surface area contributed by atoms with Gasteiger partial charge in [0.05, 0.1) is 36.1 Å². The summed E-state index contributed by atoms with van der Waals surface area (Å²) in [4.78, 5) is 35.9. The Morgan fingerprint density at radius 1 is 1.15 bits per heavy atom. The normalized spacial score (nSPS) is 14.2. The molecule has 0 atom stereocenters. The summed E-state index contributed by atoms with van der Waals surface area (Å²) < 4.78 is 2.01. The Kier molecular flexibility index (Phi) is 6.85. The number of likely N-dealkylation sites (N-methyl/N-ethyl adjacent to an activating group) is 1. The van der Waals surface area contributed by atoms with Crippen molar-refractivity contribution in [3.63, 3.8) is 0 Å². The first-order valence-electron chi connectivity index (χ1n) is 11.5. The monoisotopic (exact) mass is 443 g/mol. The number of Topliss-reactive ketones (excluding diaryl/α,β-unsaturated/α-hetero) is 1. The summed E-state index contributed by atoms with van der Waals surface area (Å²) in [5, 5.41) is 2.82. The van der Waals surface area contributed by atoms with E-state index >= 15 is 0 Å². The van der Waals surface area contributed by atoms with Gasteiger partial charge >= 0.3 is 0 Å². The number of carbonyl (C=O) groups excluding carboxylic acids is 2. The molecule has 170 valence electrons. The highest BCUT2D eigenvalue weighted by atomic mass is 16.1. The highest BCUT2D eigenvalue weighted by molar-refractivity contribution is 6.09. The number of benzene rings is 1. The van der Waals surface area contributed by atoms with Crippen molar-refractivity contribution in [1.82, 2.24) is 19.8 Å². The molecule has 1 amide bonds. The average Bonchev–Trinajstić information content (AvgIpc) is 3.11. The average molecular weight is 444 g/mol. The number of carbonyl (C=O) groups is 2. The van der Waals surface area contributed by atoms with Crippen molar-refractivity contribution in [2.24, 2.45) is 0 Å². The van der Waals surface area contributed by atoms with Crippen LogP contribution in [0.4, 0.5) is 5.69 Å². The third kappa shape index (κ3) is 4.81. The van der Waals surface area contributed by atoms with Crippen LogP contribution in [0.15, 0.2) is 36.5 Å². The first-order chi connectivity index (χ1) is 16.0. The molecule has 0 bridgehead atoms. The van der Waals surface area contributed by atoms with E-state index in [1.165, 1.54) is 6.42 Å². The van der Waals surface area contributed by atoms with Gasteiger partial charge in [0.2, 0.25) is 5.91 Å². The highest BCUT2D eigenvalue weighted by Crippen LogP contribution is 2.30. The molecule has 4 rings (SSSR count). The summed E-state index contributed by atoms with van der Waals surface area (Å²) in [6.07, 6.45) is 5.40. The summed E-state index contributed by atoms with van der Waals surface area (Å²) in [5.74, 6) is 0.0104. The summed E-state index contributed by atoms with van der Waals surface area (Å²) in [6, 6.07) is 9.26. The Balaban J connectivity index is 1.79. The fourth-order valence-electron chi connectivity index (χ4n) is 4.61. The van der Waals surface area contributed by atoms with E-state index in [0.717, 1.165) is 48.4 Å². The van der Waals surface area contributed by atoms with Gasteiger partial charge in [0.15, 0.2) is 11.5 Å². The molecule has 0 spiro atoms. The van der Waals surface area contributed by atoms with Gasteiger partial charge in [0.25, 0.3) is 0 Å². The lowest BCUT2D eigenvalue weighted by Gasteiger charge is -2.25. The Bertz CT molecular complexity index is 1210. The van der Waals surface area contributed by atoms with Crippen LogP contribution in [-0.2, 0) is 11.2 Å². The molecule has 1 saturated heterocycles. The predicted octanol–water partition coefficient (Wildman–Crippen LogP) is 4.23. The Morgan fingerprint density at radius 3 is 2.55 bits per heavy atom. The molecule has 33 heavy (non-hydrogen) atoms. The van der Waals surface area contributed by atoms with E-state index in [2.05, 4.69) is 20.0 Å². The molecule has 1 N–H and O–H groups in total. The standard InChI is InChI=1S/C26H29N5O2/c1-4-28-24(33)15-19-14-22-26(29-16-19)25(23(32)17-30-12-6-5-7-13-30)18(2)31(22)21-10-8-20(27-3)9-11-21/h8-11,14,16H,4-7,12-13,15,17H2,1-2H3,(H,28,33). The number of rotatable bonds is 7. The van der Waals surface area contributed by atoms with E-state index in [4.69, 9.17) is 6.57 Å². The first kappa shape index (κ1) is 22.7. The third-order valence-corrected chi connectivity index (χ3v) is 6.17. The maximum absolute atomic E-state index is 13.4. The number of hydrogen-bond donors (Lipinski definition) is 1. The molecule has 0 aliphatic carbocycles. The smallest absolute Gasteiger partial charge is 0.224 e. The van der Waals surface area contributed by atoms with Crippen LogP contribution >= 0.6 is 0 Å². The van der Waals surface area contributed by atoms with E-state index in [9.17, 15) is 9.59 Å². The van der Waals surface area contributed by atoms with Gasteiger partial charge in [-0.25, -0.2) is 4.85 Å². The second-order valence-electron chi connectivity index (χ2n) is 8.53. The van der Waals surface area contributed by atoms with Crippen LogP contribution in [-0.4, -0.2) is 52.3 Å². The van der Waals surface area contributed by atoms with Crippen molar-refractivity contribution in [3.8, 4) is 5.69 Å². The summed E-state index contributed by atoms with van der Waals surface area (Å²) in [6.45, 7) is 13.9. The molecule has 3 heterocycles. The van der Waals surface area contributed by atoms with Gasteiger partial charge in [-0.2, -0.15) is 0 Å². The zero-order valence-corrected chi connectivity index (χ0v) is 19.2. The van der Waals surface area contributed by atoms with Gasteiger partial charge in [0, 0.05) is 24.1 Å². The molecule has 1 aliphatic heterocycles. The fraction of sp³-hybridized carbons (Fsp3) is 0.385. The van der Waals surface area contributed by atoms with E-state index < -0.39 is 0 Å². The molecule has 3 aromatic rings. The van der Waals surface area contributed by atoms with Crippen molar-refractivity contribution in [3.05, 3.63) is 64.8 Å². The minimum Gasteiger partial charge on any atom is -0.356 e. The maximum atomic E-state index is 13.4. The molecule has 0 radical (unpaired) electrons. The summed E-state index contributed by atoms with van der Waals surface area (Å²) in [7, 11) is 0. The number of nitrogens with one attached hydrogen (secondary N) is 1. The summed E-state index contributed by atoms with van der Waals surface area (Å²) in [5.41, 5.74) is 5.12. The number of amides is 1. The SMILES string of the molecule is [C-]#[N+]c1ccc(-n2c(C)c(C(=O)CN3CCCCC3)c3ncc(CC(=O)NCC)cc32)cc1. The zero-order valence-electron chi connectivity index (χ0n) is 19.2. The number of piperidine rings is 1. The van der Waals surface area contributed by atoms with Crippen LogP contribution in [0.3, 0.4) is 0 Å². The molecule has 1 aliphatic rings. The Labute approximate surface area is 194 Å². The van der Waals surface area contributed by atoms with Crippen LogP contribution in [0, 0.1) is 13.5 Å². The molecule has 1 aromatic carbocycles. The van der Waals surface area contributed by atoms with Crippen molar-refractivity contribution in [1.29, 1.82) is 0 Å². The van der Waals surface area contributed by atoms with Crippen molar-refractivity contribution in [2.75, 3.05) is 26.2 Å². The highest BCUT2D eigenvalue weighted by Gasteiger charge is 2.24. The van der Waals surface area contributed by atoms with Crippen molar-refractivity contribution in [2.45, 2.75) is 39.5 Å². The molecular weight excluding hydrogens is 414 g/mol. The van der Waals surface area contributed by atoms with Crippen LogP contribution < -0.4 is 5.32 Å². The third-order valence-electron chi connectivity index (χ3n) is 6.17. The van der Waals surface area contributed by atoms with Crippen molar-refractivity contribution < 1.29 is 9.59 Å². The van der Waals surface area contributed by atoms with Crippen LogP contribution in [0.5, 0.6) is 0 Å². The lowest BCUT2D eigenvalue weighted by atomic mass is 10.1. The van der Waals surface area contributed by atoms with Gasteiger partial charge in [-0.05, 0) is 63.5 Å². The van der Waals surface area contributed by atoms with Gasteiger partial charge in [0.1, 0.15) is 0 Å². The van der Waals surface area contributed by atoms with Crippen LogP contribution in [0.25, 0.3) is 21.6 Å². The van der Waals surface area contributed by atoms with E-state index in [-0.39, 0.29) is 18.1 Å². The van der Waals surface area contributed by atoms with Gasteiger partial charge in [-0.1, -0.05) is 18.6 Å². The zero-order chi connectivity index (χ0) is 23.4. The quantitative estimate of drug-likeness (QED) is 0.438. The number of fused-ring (bicyclic) bond motifs is 1. The minimum atomic E-state index is -0.0590. The van der Waals surface area contributed by atoms with E-state index in [1.807, 2.05) is 36.6 Å². The Morgan fingerprint density at radius 2 is 1.88 bits per heavy atom. The molecular formula is C26H29N5O2. The second kappa shape index (κ2) is 9.97. The predicted molar refractivity (Wildman–Crippen MR) is 129 cm³/mol. The Hall–Kier alpha value is -3.50. The van der Waals surface area contributed by atoms with E-state index in [0.29, 0.717) is 29.9 Å². The lowest BCUT2D eigenvalue weighted by molar-refractivity contribution is -0.120.